The quantitative estimate of drug-likeness (QED) is 0.929. The highest BCUT2D eigenvalue weighted by molar-refractivity contribution is 7.93. The summed E-state index contributed by atoms with van der Waals surface area (Å²) in [6, 6.07) is 4.72. The van der Waals surface area contributed by atoms with E-state index < -0.39 is 27.0 Å². The summed E-state index contributed by atoms with van der Waals surface area (Å²) in [7, 11) is -4.03. The number of halogens is 3. The molecule has 0 aliphatic rings. The molecular formula is C12H13F3N2O2S. The number of alkyl halides is 3. The highest BCUT2D eigenvalue weighted by Crippen LogP contribution is 2.33. The van der Waals surface area contributed by atoms with Gasteiger partial charge in [-0.05, 0) is 31.0 Å². The summed E-state index contributed by atoms with van der Waals surface area (Å²) in [4.78, 5) is 0. The first-order valence-electron chi connectivity index (χ1n) is 5.71. The fraction of sp³-hybridized carbons (Fsp3) is 0.417. The minimum atomic E-state index is -4.56. The number of anilines is 1. The fourth-order valence-corrected chi connectivity index (χ4v) is 2.78. The van der Waals surface area contributed by atoms with Crippen LogP contribution >= 0.6 is 0 Å². The molecule has 0 bridgehead atoms. The third-order valence-corrected chi connectivity index (χ3v) is 4.40. The zero-order valence-electron chi connectivity index (χ0n) is 10.8. The topological polar surface area (TPSA) is 70.0 Å². The molecule has 0 aliphatic carbocycles. The molecule has 0 aromatic heterocycles. The number of rotatable bonds is 4. The molecule has 0 amide bonds. The van der Waals surface area contributed by atoms with Gasteiger partial charge in [-0.25, -0.2) is 8.42 Å². The van der Waals surface area contributed by atoms with Gasteiger partial charge in [-0.1, -0.05) is 13.0 Å². The van der Waals surface area contributed by atoms with Crippen LogP contribution < -0.4 is 4.72 Å². The molecule has 8 heteroatoms. The van der Waals surface area contributed by atoms with Gasteiger partial charge in [-0.15, -0.1) is 0 Å². The lowest BCUT2D eigenvalue weighted by molar-refractivity contribution is -0.138. The van der Waals surface area contributed by atoms with Crippen molar-refractivity contribution in [2.24, 2.45) is 0 Å². The van der Waals surface area contributed by atoms with Crippen molar-refractivity contribution in [3.05, 3.63) is 29.3 Å². The molecule has 1 unspecified atom stereocenters. The van der Waals surface area contributed by atoms with E-state index in [1.807, 2.05) is 4.72 Å². The number of benzene rings is 1. The molecule has 0 saturated carbocycles. The van der Waals surface area contributed by atoms with Gasteiger partial charge in [-0.3, -0.25) is 4.72 Å². The number of nitriles is 1. The smallest absolute Gasteiger partial charge is 0.282 e. The zero-order valence-corrected chi connectivity index (χ0v) is 11.6. The SMILES string of the molecule is CCC(C#N)S(=O)(=O)Nc1ccc(C)c(C(F)(F)F)c1. The molecule has 110 valence electrons. The molecule has 4 nitrogen and oxygen atoms in total. The molecule has 1 aromatic carbocycles. The summed E-state index contributed by atoms with van der Waals surface area (Å²) < 4.78 is 63.8. The predicted molar refractivity (Wildman–Crippen MR) is 68.4 cm³/mol. The van der Waals surface area contributed by atoms with Crippen molar-refractivity contribution < 1.29 is 21.6 Å². The molecule has 0 spiro atoms. The molecule has 20 heavy (non-hydrogen) atoms. The first-order valence-corrected chi connectivity index (χ1v) is 7.25. The average molecular weight is 306 g/mol. The predicted octanol–water partition coefficient (Wildman–Crippen LogP) is 3.06. The Hall–Kier alpha value is -1.75. The first-order chi connectivity index (χ1) is 9.11. The summed E-state index contributed by atoms with van der Waals surface area (Å²) in [6.07, 6.45) is -4.52. The minimum Gasteiger partial charge on any atom is -0.282 e. The maximum Gasteiger partial charge on any atom is 0.416 e. The molecule has 1 N–H and O–H groups in total. The normalized spacial score (nSPS) is 13.6. The molecular weight excluding hydrogens is 293 g/mol. The maximum atomic E-state index is 12.7. The summed E-state index contributed by atoms with van der Waals surface area (Å²) in [5.74, 6) is 0. The van der Waals surface area contributed by atoms with E-state index in [1.165, 1.54) is 26.0 Å². The Morgan fingerprint density at radius 1 is 1.40 bits per heavy atom. The van der Waals surface area contributed by atoms with E-state index in [4.69, 9.17) is 5.26 Å². The second-order valence-electron chi connectivity index (χ2n) is 4.20. The Morgan fingerprint density at radius 2 is 2.00 bits per heavy atom. The van der Waals surface area contributed by atoms with E-state index in [9.17, 15) is 21.6 Å². The lowest BCUT2D eigenvalue weighted by atomic mass is 10.1. The van der Waals surface area contributed by atoms with Crippen LogP contribution in [0.15, 0.2) is 18.2 Å². The lowest BCUT2D eigenvalue weighted by Gasteiger charge is -2.15. The minimum absolute atomic E-state index is 0.00669. The largest absolute Gasteiger partial charge is 0.416 e. The molecule has 0 fully saturated rings. The third kappa shape index (κ3) is 3.63. The van der Waals surface area contributed by atoms with Crippen molar-refractivity contribution >= 4 is 15.7 Å². The Morgan fingerprint density at radius 3 is 2.45 bits per heavy atom. The van der Waals surface area contributed by atoms with Gasteiger partial charge in [0.05, 0.1) is 11.6 Å². The van der Waals surface area contributed by atoms with Crippen LogP contribution in [-0.2, 0) is 16.2 Å². The Labute approximate surface area is 115 Å². The zero-order chi connectivity index (χ0) is 15.6. The number of hydrogen-bond acceptors (Lipinski definition) is 3. The second kappa shape index (κ2) is 5.71. The van der Waals surface area contributed by atoms with Crippen molar-refractivity contribution in [3.8, 4) is 6.07 Å². The van der Waals surface area contributed by atoms with Crippen LogP contribution in [0.4, 0.5) is 18.9 Å². The van der Waals surface area contributed by atoms with Gasteiger partial charge in [-0.2, -0.15) is 18.4 Å². The fourth-order valence-electron chi connectivity index (χ4n) is 1.61. The van der Waals surface area contributed by atoms with Crippen LogP contribution in [0.1, 0.15) is 24.5 Å². The van der Waals surface area contributed by atoms with E-state index in [-0.39, 0.29) is 17.7 Å². The van der Waals surface area contributed by atoms with Crippen molar-refractivity contribution in [1.29, 1.82) is 5.26 Å². The van der Waals surface area contributed by atoms with Gasteiger partial charge < -0.3 is 0 Å². The van der Waals surface area contributed by atoms with Gasteiger partial charge >= 0.3 is 6.18 Å². The van der Waals surface area contributed by atoms with E-state index in [2.05, 4.69) is 0 Å². The Bertz CT molecular complexity index is 633. The molecule has 1 atom stereocenters. The van der Waals surface area contributed by atoms with E-state index >= 15 is 0 Å². The molecule has 0 radical (unpaired) electrons. The van der Waals surface area contributed by atoms with Gasteiger partial charge in [0, 0.05) is 5.69 Å². The molecule has 1 rings (SSSR count). The van der Waals surface area contributed by atoms with Crippen molar-refractivity contribution in [1.82, 2.24) is 0 Å². The van der Waals surface area contributed by atoms with E-state index in [0.29, 0.717) is 0 Å². The summed E-state index contributed by atoms with van der Waals surface area (Å²) >= 11 is 0. The van der Waals surface area contributed by atoms with Gasteiger partial charge in [0.2, 0.25) is 10.0 Å². The first kappa shape index (κ1) is 16.3. The van der Waals surface area contributed by atoms with Crippen molar-refractivity contribution in [2.75, 3.05) is 4.72 Å². The number of aryl methyl sites for hydroxylation is 1. The van der Waals surface area contributed by atoms with Crippen LogP contribution in [0.2, 0.25) is 0 Å². The van der Waals surface area contributed by atoms with Gasteiger partial charge in [0.15, 0.2) is 5.25 Å². The van der Waals surface area contributed by atoms with Crippen LogP contribution in [0.5, 0.6) is 0 Å². The average Bonchev–Trinajstić information content (AvgIpc) is 2.31. The van der Waals surface area contributed by atoms with Crippen LogP contribution in [0, 0.1) is 18.3 Å². The molecule has 0 aliphatic heterocycles. The van der Waals surface area contributed by atoms with Gasteiger partial charge in [0.1, 0.15) is 0 Å². The summed E-state index contributed by atoms with van der Waals surface area (Å²) in [5.41, 5.74) is -1.13. The lowest BCUT2D eigenvalue weighted by Crippen LogP contribution is -2.26. The van der Waals surface area contributed by atoms with Crippen molar-refractivity contribution in [2.45, 2.75) is 31.7 Å². The maximum absolute atomic E-state index is 12.7. The monoisotopic (exact) mass is 306 g/mol. The van der Waals surface area contributed by atoms with Crippen LogP contribution in [0.25, 0.3) is 0 Å². The molecule has 0 saturated heterocycles. The number of sulfonamides is 1. The summed E-state index contributed by atoms with van der Waals surface area (Å²) in [6.45, 7) is 2.79. The van der Waals surface area contributed by atoms with E-state index in [0.717, 1.165) is 6.07 Å². The highest BCUT2D eigenvalue weighted by Gasteiger charge is 2.33. The number of nitrogens with one attached hydrogen (secondary N) is 1. The Kier molecular flexibility index (Phi) is 4.65. The second-order valence-corrected chi connectivity index (χ2v) is 6.06. The third-order valence-electron chi connectivity index (χ3n) is 2.69. The van der Waals surface area contributed by atoms with E-state index in [1.54, 1.807) is 6.07 Å². The highest BCUT2D eigenvalue weighted by atomic mass is 32.2. The standard InChI is InChI=1S/C12H13F3N2O2S/c1-3-10(7-16)20(18,19)17-9-5-4-8(2)11(6-9)12(13,14)15/h4-6,10,17H,3H2,1-2H3. The van der Waals surface area contributed by atoms with Crippen LogP contribution in [0.3, 0.4) is 0 Å². The number of nitrogens with zero attached hydrogens (tertiary/aromatic N) is 1. The summed E-state index contributed by atoms with van der Waals surface area (Å²) in [5, 5.41) is 7.41. The Balaban J connectivity index is 3.16. The van der Waals surface area contributed by atoms with Gasteiger partial charge in [0.25, 0.3) is 0 Å². The molecule has 1 aromatic rings. The molecule has 0 heterocycles. The van der Waals surface area contributed by atoms with Crippen molar-refractivity contribution in [3.63, 3.8) is 0 Å². The number of hydrogen-bond donors (Lipinski definition) is 1. The van der Waals surface area contributed by atoms with Crippen LogP contribution in [-0.4, -0.2) is 13.7 Å².